The van der Waals surface area contributed by atoms with Crippen molar-refractivity contribution in [1.29, 1.82) is 0 Å². The summed E-state index contributed by atoms with van der Waals surface area (Å²) in [7, 11) is 0. The predicted octanol–water partition coefficient (Wildman–Crippen LogP) is 3.94. The normalized spacial score (nSPS) is 18.1. The van der Waals surface area contributed by atoms with Crippen molar-refractivity contribution in [2.24, 2.45) is 0 Å². The minimum Gasteiger partial charge on any atom is -0.371 e. The van der Waals surface area contributed by atoms with Crippen LogP contribution < -0.4 is 5.32 Å². The third-order valence-corrected chi connectivity index (χ3v) is 4.81. The van der Waals surface area contributed by atoms with E-state index in [1.807, 2.05) is 24.3 Å². The highest BCUT2D eigenvalue weighted by atomic mass is 32.1. The molecule has 5 nitrogen and oxygen atoms in total. The van der Waals surface area contributed by atoms with Crippen LogP contribution in [0.1, 0.15) is 60.6 Å². The van der Waals surface area contributed by atoms with Gasteiger partial charge in [0, 0.05) is 12.2 Å². The Bertz CT molecular complexity index is 683. The molecule has 2 heterocycles. The molecular weight excluding hydrogens is 310 g/mol. The molecule has 122 valence electrons. The molecule has 1 aromatic heterocycles. The van der Waals surface area contributed by atoms with Gasteiger partial charge in [-0.2, -0.15) is 0 Å². The van der Waals surface area contributed by atoms with E-state index >= 15 is 0 Å². The van der Waals surface area contributed by atoms with E-state index in [-0.39, 0.29) is 17.4 Å². The van der Waals surface area contributed by atoms with Crippen molar-refractivity contribution >= 4 is 22.4 Å². The highest BCUT2D eigenvalue weighted by Gasteiger charge is 2.22. The quantitative estimate of drug-likeness (QED) is 0.925. The Hall–Kier alpha value is -1.79. The van der Waals surface area contributed by atoms with Crippen molar-refractivity contribution in [2.45, 2.75) is 45.1 Å². The third-order valence-electron chi connectivity index (χ3n) is 3.88. The number of carbonyl (C=O) groups is 1. The minimum absolute atomic E-state index is 0.0317. The summed E-state index contributed by atoms with van der Waals surface area (Å²) < 4.78 is 5.58. The first-order valence-corrected chi connectivity index (χ1v) is 8.62. The number of aromatic nitrogens is 2. The largest absolute Gasteiger partial charge is 0.371 e. The molecule has 1 amide bonds. The Kier molecular flexibility index (Phi) is 4.46. The molecule has 1 atom stereocenters. The van der Waals surface area contributed by atoms with E-state index in [9.17, 15) is 4.79 Å². The number of carbonyl (C=O) groups excluding carboxylic acids is 1. The maximum absolute atomic E-state index is 12.3. The fraction of sp³-hybridized carbons (Fsp3) is 0.471. The number of hydrogen-bond acceptors (Lipinski definition) is 5. The summed E-state index contributed by atoms with van der Waals surface area (Å²) in [5.41, 5.74) is 1.89. The summed E-state index contributed by atoms with van der Waals surface area (Å²) in [4.78, 5) is 12.3. The molecule has 0 aliphatic carbocycles. The zero-order chi connectivity index (χ0) is 16.4. The average Bonchev–Trinajstić information content (AvgIpc) is 3.17. The molecule has 1 aliphatic heterocycles. The molecule has 0 saturated carbocycles. The number of nitrogens with one attached hydrogen (secondary N) is 1. The van der Waals surface area contributed by atoms with Gasteiger partial charge in [0.05, 0.1) is 0 Å². The van der Waals surface area contributed by atoms with Crippen molar-refractivity contribution in [3.05, 3.63) is 40.4 Å². The third kappa shape index (κ3) is 3.76. The predicted molar refractivity (Wildman–Crippen MR) is 90.9 cm³/mol. The second-order valence-electron chi connectivity index (χ2n) is 6.73. The van der Waals surface area contributed by atoms with Crippen LogP contribution in [0.25, 0.3) is 0 Å². The Morgan fingerprint density at radius 2 is 2.00 bits per heavy atom. The zero-order valence-corrected chi connectivity index (χ0v) is 14.4. The van der Waals surface area contributed by atoms with Crippen LogP contribution in [0.3, 0.4) is 0 Å². The number of anilines is 1. The average molecular weight is 331 g/mol. The second-order valence-corrected chi connectivity index (χ2v) is 7.74. The summed E-state index contributed by atoms with van der Waals surface area (Å²) in [5.74, 6) is -0.166. The fourth-order valence-corrected chi connectivity index (χ4v) is 3.30. The molecule has 0 spiro atoms. The molecule has 0 radical (unpaired) electrons. The molecule has 6 heteroatoms. The molecular formula is C17H21N3O2S. The fourth-order valence-electron chi connectivity index (χ4n) is 2.48. The molecule has 0 bridgehead atoms. The lowest BCUT2D eigenvalue weighted by molar-refractivity contribution is 0.102. The molecule has 1 fully saturated rings. The molecule has 23 heavy (non-hydrogen) atoms. The van der Waals surface area contributed by atoms with Gasteiger partial charge in [-0.05, 0) is 36.0 Å². The summed E-state index contributed by atoms with van der Waals surface area (Å²) in [5, 5.41) is 12.3. The van der Waals surface area contributed by atoms with Gasteiger partial charge >= 0.3 is 0 Å². The highest BCUT2D eigenvalue weighted by Crippen LogP contribution is 2.32. The van der Waals surface area contributed by atoms with Gasteiger partial charge in [-0.15, -0.1) is 10.2 Å². The number of hydrogen-bond donors (Lipinski definition) is 1. The van der Waals surface area contributed by atoms with E-state index in [0.717, 1.165) is 24.5 Å². The summed E-state index contributed by atoms with van der Waals surface area (Å²) >= 11 is 1.38. The van der Waals surface area contributed by atoms with E-state index in [4.69, 9.17) is 4.74 Å². The SMILES string of the molecule is CC(C)(C)c1ccc(C(=O)Nc2nnc(C3CCCO3)s2)cc1. The monoisotopic (exact) mass is 331 g/mol. The molecule has 3 rings (SSSR count). The molecule has 1 aromatic carbocycles. The number of nitrogens with zero attached hydrogens (tertiary/aromatic N) is 2. The summed E-state index contributed by atoms with van der Waals surface area (Å²) in [6.45, 7) is 7.22. The van der Waals surface area contributed by atoms with Gasteiger partial charge in [0.1, 0.15) is 11.1 Å². The van der Waals surface area contributed by atoms with Crippen LogP contribution in [0.2, 0.25) is 0 Å². The Morgan fingerprint density at radius 1 is 1.26 bits per heavy atom. The van der Waals surface area contributed by atoms with Crippen LogP contribution in [0.5, 0.6) is 0 Å². The van der Waals surface area contributed by atoms with E-state index in [2.05, 4.69) is 36.3 Å². The Morgan fingerprint density at radius 3 is 2.61 bits per heavy atom. The van der Waals surface area contributed by atoms with Gasteiger partial charge < -0.3 is 4.74 Å². The Balaban J connectivity index is 1.67. The van der Waals surface area contributed by atoms with Crippen molar-refractivity contribution in [1.82, 2.24) is 10.2 Å². The van der Waals surface area contributed by atoms with E-state index < -0.39 is 0 Å². The standard InChI is InChI=1S/C17H21N3O2S/c1-17(2,3)12-8-6-11(7-9-12)14(21)18-16-20-19-15(23-16)13-5-4-10-22-13/h6-9,13H,4-5,10H2,1-3H3,(H,18,20,21). The van der Waals surface area contributed by atoms with E-state index in [1.54, 1.807) is 0 Å². The summed E-state index contributed by atoms with van der Waals surface area (Å²) in [6.07, 6.45) is 2.05. The Labute approximate surface area is 140 Å². The van der Waals surface area contributed by atoms with E-state index in [1.165, 1.54) is 16.9 Å². The maximum atomic E-state index is 12.3. The second kappa shape index (κ2) is 6.37. The van der Waals surface area contributed by atoms with Gasteiger partial charge in [-0.25, -0.2) is 0 Å². The first-order valence-electron chi connectivity index (χ1n) is 7.80. The number of rotatable bonds is 3. The first-order chi connectivity index (χ1) is 10.9. The van der Waals surface area contributed by atoms with Crippen LogP contribution >= 0.6 is 11.3 Å². The number of amides is 1. The smallest absolute Gasteiger partial charge is 0.257 e. The lowest BCUT2D eigenvalue weighted by Crippen LogP contribution is -2.14. The first kappa shape index (κ1) is 16.1. The van der Waals surface area contributed by atoms with Crippen molar-refractivity contribution in [3.8, 4) is 0 Å². The van der Waals surface area contributed by atoms with Crippen molar-refractivity contribution in [3.63, 3.8) is 0 Å². The minimum atomic E-state index is -0.166. The van der Waals surface area contributed by atoms with Crippen LogP contribution in [-0.2, 0) is 10.2 Å². The van der Waals surface area contributed by atoms with Crippen LogP contribution in [0, 0.1) is 0 Å². The molecule has 1 saturated heterocycles. The van der Waals surface area contributed by atoms with Gasteiger partial charge in [0.15, 0.2) is 0 Å². The molecule has 1 unspecified atom stereocenters. The van der Waals surface area contributed by atoms with Crippen molar-refractivity contribution < 1.29 is 9.53 Å². The van der Waals surface area contributed by atoms with Gasteiger partial charge in [-0.3, -0.25) is 10.1 Å². The van der Waals surface area contributed by atoms with Gasteiger partial charge in [0.2, 0.25) is 5.13 Å². The van der Waals surface area contributed by atoms with E-state index in [0.29, 0.717) is 10.7 Å². The molecule has 1 aliphatic rings. The maximum Gasteiger partial charge on any atom is 0.257 e. The lowest BCUT2D eigenvalue weighted by Gasteiger charge is -2.18. The molecule has 2 aromatic rings. The zero-order valence-electron chi connectivity index (χ0n) is 13.6. The van der Waals surface area contributed by atoms with Crippen LogP contribution in [-0.4, -0.2) is 22.7 Å². The topological polar surface area (TPSA) is 64.1 Å². The molecule has 1 N–H and O–H groups in total. The highest BCUT2D eigenvalue weighted by molar-refractivity contribution is 7.15. The lowest BCUT2D eigenvalue weighted by atomic mass is 9.87. The number of benzene rings is 1. The number of ether oxygens (including phenoxy) is 1. The van der Waals surface area contributed by atoms with Crippen molar-refractivity contribution in [2.75, 3.05) is 11.9 Å². The van der Waals surface area contributed by atoms with Crippen LogP contribution in [0.4, 0.5) is 5.13 Å². The van der Waals surface area contributed by atoms with Gasteiger partial charge in [0.25, 0.3) is 5.91 Å². The van der Waals surface area contributed by atoms with Gasteiger partial charge in [-0.1, -0.05) is 44.2 Å². The summed E-state index contributed by atoms with van der Waals surface area (Å²) in [6, 6.07) is 7.68. The van der Waals surface area contributed by atoms with Crippen LogP contribution in [0.15, 0.2) is 24.3 Å².